The third-order valence-corrected chi connectivity index (χ3v) is 5.76. The van der Waals surface area contributed by atoms with Crippen molar-refractivity contribution in [2.45, 2.75) is 19.1 Å². The molecule has 2 aliphatic rings. The van der Waals surface area contributed by atoms with Crippen LogP contribution in [-0.4, -0.2) is 59.6 Å². The first-order chi connectivity index (χ1) is 12.3. The molecule has 5 nitrogen and oxygen atoms in total. The molecule has 2 atom stereocenters. The number of carbonyl (C=O) groups is 1. The Morgan fingerprint density at radius 1 is 1.28 bits per heavy atom. The zero-order valence-corrected chi connectivity index (χ0v) is 15.0. The van der Waals surface area contributed by atoms with Crippen LogP contribution >= 0.6 is 11.3 Å². The van der Waals surface area contributed by atoms with Gasteiger partial charge in [-0.2, -0.15) is 11.3 Å². The number of thiophene rings is 1. The summed E-state index contributed by atoms with van der Waals surface area (Å²) in [5, 5.41) is 4.08. The Balaban J connectivity index is 1.36. The first-order valence-corrected chi connectivity index (χ1v) is 9.74. The second-order valence-electron chi connectivity index (χ2n) is 6.87. The van der Waals surface area contributed by atoms with Gasteiger partial charge in [0.15, 0.2) is 0 Å². The van der Waals surface area contributed by atoms with Gasteiger partial charge in [0.05, 0.1) is 19.1 Å². The van der Waals surface area contributed by atoms with Crippen LogP contribution in [0.4, 0.5) is 0 Å². The summed E-state index contributed by atoms with van der Waals surface area (Å²) in [6.07, 6.45) is 4.40. The molecule has 0 unspecified atom stereocenters. The Bertz CT molecular complexity index is 692. The molecule has 2 saturated heterocycles. The number of hydrogen-bond donors (Lipinski definition) is 0. The van der Waals surface area contributed by atoms with Crippen LogP contribution in [-0.2, 0) is 22.5 Å². The lowest BCUT2D eigenvalue weighted by Gasteiger charge is -2.23. The van der Waals surface area contributed by atoms with Crippen molar-refractivity contribution in [1.29, 1.82) is 0 Å². The van der Waals surface area contributed by atoms with Crippen molar-refractivity contribution in [2.24, 2.45) is 5.92 Å². The summed E-state index contributed by atoms with van der Waals surface area (Å²) in [6, 6.07) is 6.12. The second kappa shape index (κ2) is 7.64. The standard InChI is InChI=1S/C19H23N3O2S/c23-19(8-15-3-7-25-14-15)22-12-17-11-21(5-6-24-18(17)13-22)10-16-2-1-4-20-9-16/h1-4,7,9,14,17-18H,5-6,8,10-13H2/t17-,18+/m1/s1. The highest BCUT2D eigenvalue weighted by Gasteiger charge is 2.38. The van der Waals surface area contributed by atoms with Crippen LogP contribution < -0.4 is 0 Å². The van der Waals surface area contributed by atoms with E-state index in [2.05, 4.69) is 21.3 Å². The van der Waals surface area contributed by atoms with Crippen molar-refractivity contribution in [3.8, 4) is 0 Å². The fourth-order valence-corrected chi connectivity index (χ4v) is 4.41. The Morgan fingerprint density at radius 3 is 3.04 bits per heavy atom. The molecule has 132 valence electrons. The van der Waals surface area contributed by atoms with E-state index in [9.17, 15) is 4.79 Å². The molecule has 4 heterocycles. The van der Waals surface area contributed by atoms with Crippen LogP contribution in [0.2, 0.25) is 0 Å². The Labute approximate surface area is 152 Å². The zero-order valence-electron chi connectivity index (χ0n) is 14.2. The summed E-state index contributed by atoms with van der Waals surface area (Å²) < 4.78 is 6.06. The number of ether oxygens (including phenoxy) is 1. The van der Waals surface area contributed by atoms with Gasteiger partial charge in [-0.25, -0.2) is 0 Å². The average Bonchev–Trinajstić information content (AvgIpc) is 3.23. The third-order valence-electron chi connectivity index (χ3n) is 5.03. The molecule has 0 spiro atoms. The summed E-state index contributed by atoms with van der Waals surface area (Å²) in [5.74, 6) is 0.611. The smallest absolute Gasteiger partial charge is 0.227 e. The Hall–Kier alpha value is -1.76. The van der Waals surface area contributed by atoms with E-state index in [1.54, 1.807) is 17.5 Å². The molecule has 2 aromatic rings. The number of nitrogens with zero attached hydrogens (tertiary/aromatic N) is 3. The van der Waals surface area contributed by atoms with Gasteiger partial charge in [-0.05, 0) is 34.0 Å². The minimum Gasteiger partial charge on any atom is -0.375 e. The highest BCUT2D eigenvalue weighted by atomic mass is 32.1. The maximum atomic E-state index is 12.6. The predicted octanol–water partition coefficient (Wildman–Crippen LogP) is 2.04. The molecule has 6 heteroatoms. The number of aromatic nitrogens is 1. The summed E-state index contributed by atoms with van der Waals surface area (Å²) in [6.45, 7) is 5.06. The minimum absolute atomic E-state index is 0.172. The Morgan fingerprint density at radius 2 is 2.24 bits per heavy atom. The number of amides is 1. The van der Waals surface area contributed by atoms with E-state index in [1.165, 1.54) is 5.56 Å². The first-order valence-electron chi connectivity index (χ1n) is 8.79. The van der Waals surface area contributed by atoms with E-state index >= 15 is 0 Å². The van der Waals surface area contributed by atoms with E-state index < -0.39 is 0 Å². The summed E-state index contributed by atoms with van der Waals surface area (Å²) in [5.41, 5.74) is 2.34. The van der Waals surface area contributed by atoms with Crippen molar-refractivity contribution >= 4 is 17.2 Å². The molecule has 2 fully saturated rings. The van der Waals surface area contributed by atoms with Crippen LogP contribution in [0.3, 0.4) is 0 Å². The zero-order chi connectivity index (χ0) is 17.1. The Kier molecular flexibility index (Phi) is 5.10. The van der Waals surface area contributed by atoms with Crippen LogP contribution in [0.5, 0.6) is 0 Å². The largest absolute Gasteiger partial charge is 0.375 e. The molecular weight excluding hydrogens is 334 g/mol. The summed E-state index contributed by atoms with van der Waals surface area (Å²) in [7, 11) is 0. The molecule has 1 amide bonds. The predicted molar refractivity (Wildman–Crippen MR) is 97.3 cm³/mol. The number of pyridine rings is 1. The van der Waals surface area contributed by atoms with Crippen molar-refractivity contribution in [1.82, 2.24) is 14.8 Å². The summed E-state index contributed by atoms with van der Waals surface area (Å²) >= 11 is 1.64. The highest BCUT2D eigenvalue weighted by molar-refractivity contribution is 7.08. The number of carbonyl (C=O) groups excluding carboxylic acids is 1. The summed E-state index contributed by atoms with van der Waals surface area (Å²) in [4.78, 5) is 21.2. The highest BCUT2D eigenvalue weighted by Crippen LogP contribution is 2.25. The fraction of sp³-hybridized carbons (Fsp3) is 0.474. The molecule has 2 aliphatic heterocycles. The van der Waals surface area contributed by atoms with Gasteiger partial charge in [0.2, 0.25) is 5.91 Å². The van der Waals surface area contributed by atoms with Crippen molar-refractivity contribution < 1.29 is 9.53 Å². The van der Waals surface area contributed by atoms with E-state index in [4.69, 9.17) is 4.74 Å². The molecule has 0 saturated carbocycles. The monoisotopic (exact) mass is 357 g/mol. The van der Waals surface area contributed by atoms with Crippen LogP contribution in [0.25, 0.3) is 0 Å². The second-order valence-corrected chi connectivity index (χ2v) is 7.65. The van der Waals surface area contributed by atoms with Gasteiger partial charge >= 0.3 is 0 Å². The molecular formula is C19H23N3O2S. The van der Waals surface area contributed by atoms with Gasteiger partial charge in [-0.1, -0.05) is 6.07 Å². The topological polar surface area (TPSA) is 45.7 Å². The molecule has 25 heavy (non-hydrogen) atoms. The fourth-order valence-electron chi connectivity index (χ4n) is 3.74. The third kappa shape index (κ3) is 4.08. The lowest BCUT2D eigenvalue weighted by Crippen LogP contribution is -2.34. The molecule has 0 aliphatic carbocycles. The number of likely N-dealkylation sites (tertiary alicyclic amines) is 1. The van der Waals surface area contributed by atoms with Crippen LogP contribution in [0, 0.1) is 5.92 Å². The van der Waals surface area contributed by atoms with Gasteiger partial charge in [0.25, 0.3) is 0 Å². The SMILES string of the molecule is O=C(Cc1ccsc1)N1C[C@H]2CN(Cc3cccnc3)CCO[C@H]2C1. The minimum atomic E-state index is 0.172. The van der Waals surface area contributed by atoms with Crippen LogP contribution in [0.15, 0.2) is 41.4 Å². The number of hydrogen-bond acceptors (Lipinski definition) is 5. The quantitative estimate of drug-likeness (QED) is 0.840. The molecule has 4 rings (SSSR count). The lowest BCUT2D eigenvalue weighted by molar-refractivity contribution is -0.130. The molecule has 2 aromatic heterocycles. The van der Waals surface area contributed by atoms with Gasteiger partial charge in [0.1, 0.15) is 0 Å². The lowest BCUT2D eigenvalue weighted by atomic mass is 10.1. The van der Waals surface area contributed by atoms with E-state index in [0.29, 0.717) is 12.3 Å². The van der Waals surface area contributed by atoms with Gasteiger partial charge in [-0.15, -0.1) is 0 Å². The number of fused-ring (bicyclic) bond motifs is 1. The molecule has 0 bridgehead atoms. The van der Waals surface area contributed by atoms with Gasteiger partial charge in [0, 0.05) is 51.0 Å². The number of rotatable bonds is 4. The van der Waals surface area contributed by atoms with E-state index in [-0.39, 0.29) is 12.0 Å². The maximum absolute atomic E-state index is 12.6. The molecule has 0 aromatic carbocycles. The van der Waals surface area contributed by atoms with Gasteiger partial charge < -0.3 is 9.64 Å². The average molecular weight is 357 g/mol. The normalized spacial score (nSPS) is 24.1. The van der Waals surface area contributed by atoms with Crippen molar-refractivity contribution in [3.63, 3.8) is 0 Å². The van der Waals surface area contributed by atoms with Crippen LogP contribution in [0.1, 0.15) is 11.1 Å². The van der Waals surface area contributed by atoms with E-state index in [1.807, 2.05) is 28.6 Å². The van der Waals surface area contributed by atoms with Crippen molar-refractivity contribution in [2.75, 3.05) is 32.8 Å². The molecule has 0 radical (unpaired) electrons. The van der Waals surface area contributed by atoms with Crippen molar-refractivity contribution in [3.05, 3.63) is 52.5 Å². The molecule has 0 N–H and O–H groups in total. The van der Waals surface area contributed by atoms with Gasteiger partial charge in [-0.3, -0.25) is 14.7 Å². The van der Waals surface area contributed by atoms with E-state index in [0.717, 1.165) is 44.9 Å². The maximum Gasteiger partial charge on any atom is 0.227 e. The first kappa shape index (κ1) is 16.7.